The third-order valence-corrected chi connectivity index (χ3v) is 4.04. The molecule has 2 aliphatic heterocycles. The van der Waals surface area contributed by atoms with Crippen molar-refractivity contribution in [2.75, 3.05) is 20.7 Å². The molecule has 3 rings (SSSR count). The molecule has 1 saturated heterocycles. The second-order valence-electron chi connectivity index (χ2n) is 5.65. The van der Waals surface area contributed by atoms with Crippen LogP contribution in [0.4, 0.5) is 4.79 Å². The van der Waals surface area contributed by atoms with E-state index in [9.17, 15) is 14.4 Å². The van der Waals surface area contributed by atoms with Crippen LogP contribution in [0.3, 0.4) is 0 Å². The number of urea groups is 1. The van der Waals surface area contributed by atoms with Crippen molar-refractivity contribution in [1.82, 2.24) is 15.0 Å². The summed E-state index contributed by atoms with van der Waals surface area (Å²) >= 11 is 0. The molecule has 0 radical (unpaired) electrons. The zero-order chi connectivity index (χ0) is 18.2. The number of benzene rings is 1. The van der Waals surface area contributed by atoms with Crippen molar-refractivity contribution in [1.29, 1.82) is 0 Å². The number of ether oxygens (including phenoxy) is 2. The molecule has 132 valence electrons. The van der Waals surface area contributed by atoms with Crippen LogP contribution < -0.4 is 0 Å². The molecule has 2 amide bonds. The smallest absolute Gasteiger partial charge is 0.374 e. The third-order valence-electron chi connectivity index (χ3n) is 4.04. The predicted molar refractivity (Wildman–Crippen MR) is 85.8 cm³/mol. The summed E-state index contributed by atoms with van der Waals surface area (Å²) in [4.78, 5) is 36.7. The zero-order valence-corrected chi connectivity index (χ0v) is 14.1. The number of esters is 2. The van der Waals surface area contributed by atoms with Gasteiger partial charge in [0.1, 0.15) is 0 Å². The van der Waals surface area contributed by atoms with Crippen LogP contribution in [0.2, 0.25) is 0 Å². The summed E-state index contributed by atoms with van der Waals surface area (Å²) in [6.07, 6.45) is 0.0741. The molecule has 0 spiro atoms. The highest BCUT2D eigenvalue weighted by atomic mass is 16.6. The summed E-state index contributed by atoms with van der Waals surface area (Å²) in [6.45, 7) is 1.38. The number of hydrogen-bond donors (Lipinski definition) is 0. The number of hydrogen-bond acceptors (Lipinski definition) is 7. The first kappa shape index (κ1) is 16.7. The Hall–Kier alpha value is -3.10. The molecule has 1 unspecified atom stereocenters. The lowest BCUT2D eigenvalue weighted by atomic mass is 10.1. The fraction of sp³-hybridized carbons (Fsp3) is 0.375. The van der Waals surface area contributed by atoms with Gasteiger partial charge in [-0.05, 0) is 0 Å². The van der Waals surface area contributed by atoms with E-state index in [0.717, 1.165) is 0 Å². The summed E-state index contributed by atoms with van der Waals surface area (Å²) in [7, 11) is 2.72. The summed E-state index contributed by atoms with van der Waals surface area (Å²) in [5.74, 6) is -1.12. The maximum absolute atomic E-state index is 12.5. The van der Waals surface area contributed by atoms with Crippen LogP contribution in [0.25, 0.3) is 0 Å². The van der Waals surface area contributed by atoms with Gasteiger partial charge in [-0.15, -0.1) is 5.10 Å². The minimum Gasteiger partial charge on any atom is -0.465 e. The maximum atomic E-state index is 12.5. The molecule has 0 saturated carbocycles. The highest BCUT2D eigenvalue weighted by molar-refractivity contribution is 6.04. The topological polar surface area (TPSA) is 91.7 Å². The van der Waals surface area contributed by atoms with Crippen LogP contribution in [0.1, 0.15) is 18.9 Å². The number of fused-ring (bicyclic) bond motifs is 1. The first-order valence-corrected chi connectivity index (χ1v) is 7.68. The van der Waals surface area contributed by atoms with Gasteiger partial charge in [-0.3, -0.25) is 4.79 Å². The van der Waals surface area contributed by atoms with Crippen molar-refractivity contribution in [2.24, 2.45) is 5.10 Å². The first-order chi connectivity index (χ1) is 11.9. The highest BCUT2D eigenvalue weighted by Crippen LogP contribution is 2.37. The molecule has 9 heteroatoms. The Morgan fingerprint density at radius 2 is 1.92 bits per heavy atom. The van der Waals surface area contributed by atoms with Gasteiger partial charge < -0.3 is 9.47 Å². The standard InChI is InChI=1S/C16H18N4O5/c1-11(21)25-16(14(22)24-3)9-10-19-15(23)18(2)17-13(20(16)19)12-7-5-4-6-8-12/h4-8H,9-10H2,1-3H3. The van der Waals surface area contributed by atoms with Gasteiger partial charge in [-0.25, -0.2) is 24.6 Å². The average molecular weight is 346 g/mol. The molecule has 2 heterocycles. The van der Waals surface area contributed by atoms with Crippen LogP contribution >= 0.6 is 0 Å². The van der Waals surface area contributed by atoms with E-state index >= 15 is 0 Å². The fourth-order valence-electron chi connectivity index (χ4n) is 3.01. The van der Waals surface area contributed by atoms with E-state index in [1.165, 1.54) is 36.1 Å². The van der Waals surface area contributed by atoms with Crippen LogP contribution in [0, 0.1) is 0 Å². The van der Waals surface area contributed by atoms with E-state index in [-0.39, 0.29) is 13.0 Å². The fourth-order valence-corrected chi connectivity index (χ4v) is 3.01. The maximum Gasteiger partial charge on any atom is 0.374 e. The normalized spacial score (nSPS) is 22.4. The molecule has 25 heavy (non-hydrogen) atoms. The van der Waals surface area contributed by atoms with Crippen LogP contribution in [0.5, 0.6) is 0 Å². The van der Waals surface area contributed by atoms with E-state index in [1.807, 2.05) is 6.07 Å². The Morgan fingerprint density at radius 3 is 2.52 bits per heavy atom. The predicted octanol–water partition coefficient (Wildman–Crippen LogP) is 0.769. The molecule has 1 fully saturated rings. The van der Waals surface area contributed by atoms with Gasteiger partial charge in [0.2, 0.25) is 0 Å². The van der Waals surface area contributed by atoms with Gasteiger partial charge in [0.15, 0.2) is 5.84 Å². The summed E-state index contributed by atoms with van der Waals surface area (Å²) in [6, 6.07) is 8.59. The number of carbonyl (C=O) groups is 3. The van der Waals surface area contributed by atoms with E-state index in [4.69, 9.17) is 9.47 Å². The lowest BCUT2D eigenvalue weighted by Gasteiger charge is -2.42. The number of amides is 2. The van der Waals surface area contributed by atoms with Crippen molar-refractivity contribution in [2.45, 2.75) is 19.1 Å². The van der Waals surface area contributed by atoms with E-state index < -0.39 is 23.7 Å². The Balaban J connectivity index is 2.17. The third kappa shape index (κ3) is 2.57. The van der Waals surface area contributed by atoms with E-state index in [2.05, 4.69) is 5.10 Å². The quantitative estimate of drug-likeness (QED) is 0.751. The number of methoxy groups -OCH3 is 1. The van der Waals surface area contributed by atoms with Gasteiger partial charge in [0.05, 0.1) is 13.7 Å². The van der Waals surface area contributed by atoms with Crippen molar-refractivity contribution in [3.8, 4) is 0 Å². The van der Waals surface area contributed by atoms with E-state index in [0.29, 0.717) is 11.4 Å². The zero-order valence-electron chi connectivity index (χ0n) is 14.1. The number of hydrazone groups is 1. The Kier molecular flexibility index (Phi) is 4.07. The highest BCUT2D eigenvalue weighted by Gasteiger charge is 2.60. The monoisotopic (exact) mass is 346 g/mol. The van der Waals surface area contributed by atoms with Gasteiger partial charge in [0, 0.05) is 26.0 Å². The SMILES string of the molecule is COC(=O)C1(OC(C)=O)CCN2C(=O)N(C)N=C(c3ccccc3)N21. The molecule has 1 aromatic rings. The number of carbonyl (C=O) groups excluding carboxylic acids is 3. The summed E-state index contributed by atoms with van der Waals surface area (Å²) in [5.41, 5.74) is -1.11. The van der Waals surface area contributed by atoms with Gasteiger partial charge >= 0.3 is 23.7 Å². The van der Waals surface area contributed by atoms with Gasteiger partial charge in [-0.2, -0.15) is 0 Å². The van der Waals surface area contributed by atoms with Crippen LogP contribution in [-0.4, -0.2) is 65.3 Å². The van der Waals surface area contributed by atoms with Crippen LogP contribution in [-0.2, 0) is 19.1 Å². The molecule has 1 aromatic carbocycles. The van der Waals surface area contributed by atoms with Crippen molar-refractivity contribution in [3.63, 3.8) is 0 Å². The number of amidine groups is 1. The minimum atomic E-state index is -1.77. The lowest BCUT2D eigenvalue weighted by Crippen LogP contribution is -2.64. The molecule has 1 atom stereocenters. The first-order valence-electron chi connectivity index (χ1n) is 7.68. The largest absolute Gasteiger partial charge is 0.465 e. The molecule has 0 N–H and O–H groups in total. The number of nitrogens with zero attached hydrogens (tertiary/aromatic N) is 4. The Morgan fingerprint density at radius 1 is 1.24 bits per heavy atom. The second-order valence-corrected chi connectivity index (χ2v) is 5.65. The van der Waals surface area contributed by atoms with Crippen molar-refractivity contribution in [3.05, 3.63) is 35.9 Å². The molecule has 0 aromatic heterocycles. The van der Waals surface area contributed by atoms with Gasteiger partial charge in [-0.1, -0.05) is 30.3 Å². The number of hydrazine groups is 1. The summed E-state index contributed by atoms with van der Waals surface area (Å²) < 4.78 is 10.2. The molecule has 9 nitrogen and oxygen atoms in total. The molecule has 2 aliphatic rings. The molecular weight excluding hydrogens is 328 g/mol. The number of rotatable bonds is 3. The van der Waals surface area contributed by atoms with Crippen molar-refractivity contribution < 1.29 is 23.9 Å². The molecular formula is C16H18N4O5. The summed E-state index contributed by atoms with van der Waals surface area (Å²) in [5, 5.41) is 8.11. The van der Waals surface area contributed by atoms with Gasteiger partial charge in [0.25, 0.3) is 0 Å². The average Bonchev–Trinajstić information content (AvgIpc) is 2.98. The Labute approximate surface area is 144 Å². The van der Waals surface area contributed by atoms with E-state index in [1.54, 1.807) is 24.3 Å². The minimum absolute atomic E-state index is 0.0741. The second kappa shape index (κ2) is 6.08. The van der Waals surface area contributed by atoms with Crippen molar-refractivity contribution >= 4 is 23.8 Å². The van der Waals surface area contributed by atoms with Crippen LogP contribution in [0.15, 0.2) is 35.4 Å². The lowest BCUT2D eigenvalue weighted by molar-refractivity contribution is -0.202. The Bertz CT molecular complexity index is 750. The molecule has 0 bridgehead atoms. The molecule has 0 aliphatic carbocycles.